The van der Waals surface area contributed by atoms with E-state index in [4.69, 9.17) is 0 Å². The zero-order valence-corrected chi connectivity index (χ0v) is 9.56. The molecule has 0 saturated heterocycles. The highest BCUT2D eigenvalue weighted by Gasteiger charge is 2.26. The molecule has 0 spiro atoms. The molecule has 3 nitrogen and oxygen atoms in total. The summed E-state index contributed by atoms with van der Waals surface area (Å²) in [7, 11) is 0. The average molecular weight is 242 g/mol. The van der Waals surface area contributed by atoms with Crippen LogP contribution >= 0.6 is 0 Å². The Morgan fingerprint density at radius 1 is 1.33 bits per heavy atom. The Labute approximate surface area is 104 Å². The molecule has 90 valence electrons. The summed E-state index contributed by atoms with van der Waals surface area (Å²) >= 11 is 0. The van der Waals surface area contributed by atoms with Crippen molar-refractivity contribution in [1.82, 2.24) is 4.98 Å². The standard InChI is InChI=1S/C14H11FN2O/c15-10-3-4-11-12(9-2-1-5-16-8-9)7-14(18)17-13(11)6-10/h1-6,8,12H,7H2,(H,17,18). The van der Waals surface area contributed by atoms with Gasteiger partial charge in [-0.1, -0.05) is 12.1 Å². The van der Waals surface area contributed by atoms with Crippen LogP contribution in [0.1, 0.15) is 23.5 Å². The quantitative estimate of drug-likeness (QED) is 0.835. The van der Waals surface area contributed by atoms with Gasteiger partial charge >= 0.3 is 0 Å². The van der Waals surface area contributed by atoms with Gasteiger partial charge < -0.3 is 5.32 Å². The van der Waals surface area contributed by atoms with E-state index in [1.54, 1.807) is 18.5 Å². The predicted molar refractivity (Wildman–Crippen MR) is 65.7 cm³/mol. The molecule has 0 bridgehead atoms. The van der Waals surface area contributed by atoms with Gasteiger partial charge in [-0.15, -0.1) is 0 Å². The van der Waals surface area contributed by atoms with Crippen molar-refractivity contribution >= 4 is 11.6 Å². The van der Waals surface area contributed by atoms with Crippen LogP contribution < -0.4 is 5.32 Å². The van der Waals surface area contributed by atoms with Gasteiger partial charge in [-0.3, -0.25) is 9.78 Å². The van der Waals surface area contributed by atoms with Crippen LogP contribution in [-0.4, -0.2) is 10.9 Å². The van der Waals surface area contributed by atoms with E-state index < -0.39 is 0 Å². The first-order valence-corrected chi connectivity index (χ1v) is 5.73. The van der Waals surface area contributed by atoms with Crippen molar-refractivity contribution in [2.75, 3.05) is 5.32 Å². The molecule has 1 aromatic carbocycles. The molecule has 1 aliphatic rings. The Balaban J connectivity index is 2.10. The molecular weight excluding hydrogens is 231 g/mol. The minimum atomic E-state index is -0.346. The summed E-state index contributed by atoms with van der Waals surface area (Å²) in [5.41, 5.74) is 2.46. The summed E-state index contributed by atoms with van der Waals surface area (Å²) in [4.78, 5) is 15.7. The summed E-state index contributed by atoms with van der Waals surface area (Å²) < 4.78 is 13.2. The molecule has 1 N–H and O–H groups in total. The molecule has 0 fully saturated rings. The summed E-state index contributed by atoms with van der Waals surface area (Å²) in [5, 5.41) is 2.70. The number of nitrogens with zero attached hydrogens (tertiary/aromatic N) is 1. The highest BCUT2D eigenvalue weighted by molar-refractivity contribution is 5.95. The fourth-order valence-corrected chi connectivity index (χ4v) is 2.32. The molecule has 1 aromatic heterocycles. The molecule has 0 saturated carbocycles. The van der Waals surface area contributed by atoms with Crippen molar-refractivity contribution in [2.45, 2.75) is 12.3 Å². The first-order chi connectivity index (χ1) is 8.74. The van der Waals surface area contributed by atoms with E-state index in [0.29, 0.717) is 12.1 Å². The van der Waals surface area contributed by atoms with E-state index in [2.05, 4.69) is 10.3 Å². The van der Waals surface area contributed by atoms with Crippen molar-refractivity contribution in [2.24, 2.45) is 0 Å². The molecular formula is C14H11FN2O. The summed E-state index contributed by atoms with van der Waals surface area (Å²) in [6, 6.07) is 8.27. The number of benzene rings is 1. The molecule has 1 atom stereocenters. The zero-order valence-electron chi connectivity index (χ0n) is 9.56. The van der Waals surface area contributed by atoms with Crippen LogP contribution in [0.15, 0.2) is 42.7 Å². The monoisotopic (exact) mass is 242 g/mol. The van der Waals surface area contributed by atoms with Gasteiger partial charge in [0.2, 0.25) is 5.91 Å². The highest BCUT2D eigenvalue weighted by Crippen LogP contribution is 2.36. The third-order valence-electron chi connectivity index (χ3n) is 3.14. The lowest BCUT2D eigenvalue weighted by molar-refractivity contribution is -0.116. The molecule has 2 heterocycles. The SMILES string of the molecule is O=C1CC(c2cccnc2)c2ccc(F)cc2N1. The molecule has 1 amide bonds. The van der Waals surface area contributed by atoms with Crippen LogP contribution in [0.4, 0.5) is 10.1 Å². The molecule has 18 heavy (non-hydrogen) atoms. The van der Waals surface area contributed by atoms with Crippen molar-refractivity contribution in [3.8, 4) is 0 Å². The van der Waals surface area contributed by atoms with Crippen LogP contribution in [0.2, 0.25) is 0 Å². The predicted octanol–water partition coefficient (Wildman–Crippen LogP) is 2.69. The molecule has 1 aliphatic heterocycles. The smallest absolute Gasteiger partial charge is 0.225 e. The molecule has 1 unspecified atom stereocenters. The Kier molecular flexibility index (Phi) is 2.55. The Morgan fingerprint density at radius 2 is 2.22 bits per heavy atom. The topological polar surface area (TPSA) is 42.0 Å². The van der Waals surface area contributed by atoms with Gasteiger partial charge in [0.1, 0.15) is 5.82 Å². The van der Waals surface area contributed by atoms with Crippen LogP contribution in [-0.2, 0) is 4.79 Å². The molecule has 4 heteroatoms. The fourth-order valence-electron chi connectivity index (χ4n) is 2.32. The second-order valence-corrected chi connectivity index (χ2v) is 4.32. The number of halogens is 1. The minimum absolute atomic E-state index is 0.0527. The first kappa shape index (κ1) is 10.9. The maximum atomic E-state index is 13.2. The Hall–Kier alpha value is -2.23. The van der Waals surface area contributed by atoms with Crippen molar-refractivity contribution < 1.29 is 9.18 Å². The van der Waals surface area contributed by atoms with Gasteiger partial charge in [-0.25, -0.2) is 4.39 Å². The minimum Gasteiger partial charge on any atom is -0.326 e. The lowest BCUT2D eigenvalue weighted by atomic mass is 9.85. The lowest BCUT2D eigenvalue weighted by Gasteiger charge is -2.25. The second kappa shape index (κ2) is 4.22. The maximum Gasteiger partial charge on any atom is 0.225 e. The van der Waals surface area contributed by atoms with Crippen LogP contribution in [0, 0.1) is 5.82 Å². The van der Waals surface area contributed by atoms with Gasteiger partial charge in [0.25, 0.3) is 0 Å². The van der Waals surface area contributed by atoms with Gasteiger partial charge in [0.05, 0.1) is 0 Å². The number of aromatic nitrogens is 1. The van der Waals surface area contributed by atoms with E-state index in [1.807, 2.05) is 12.1 Å². The van der Waals surface area contributed by atoms with E-state index in [9.17, 15) is 9.18 Å². The van der Waals surface area contributed by atoms with Gasteiger partial charge in [-0.05, 0) is 29.3 Å². The normalized spacial score (nSPS) is 18.1. The Morgan fingerprint density at radius 3 is 3.00 bits per heavy atom. The number of pyridine rings is 1. The van der Waals surface area contributed by atoms with Crippen molar-refractivity contribution in [3.63, 3.8) is 0 Å². The molecule has 0 aliphatic carbocycles. The molecule has 0 radical (unpaired) electrons. The van der Waals surface area contributed by atoms with Crippen molar-refractivity contribution in [1.29, 1.82) is 0 Å². The third-order valence-corrected chi connectivity index (χ3v) is 3.14. The number of rotatable bonds is 1. The second-order valence-electron chi connectivity index (χ2n) is 4.32. The summed E-state index contributed by atoms with van der Waals surface area (Å²) in [6.45, 7) is 0. The number of fused-ring (bicyclic) bond motifs is 1. The van der Waals surface area contributed by atoms with E-state index in [0.717, 1.165) is 11.1 Å². The van der Waals surface area contributed by atoms with E-state index in [-0.39, 0.29) is 17.6 Å². The average Bonchev–Trinajstić information content (AvgIpc) is 2.38. The van der Waals surface area contributed by atoms with Gasteiger partial charge in [0, 0.05) is 30.4 Å². The van der Waals surface area contributed by atoms with Crippen molar-refractivity contribution in [3.05, 3.63) is 59.7 Å². The zero-order chi connectivity index (χ0) is 12.5. The van der Waals surface area contributed by atoms with Gasteiger partial charge in [0.15, 0.2) is 0 Å². The van der Waals surface area contributed by atoms with Gasteiger partial charge in [-0.2, -0.15) is 0 Å². The number of hydrogen-bond acceptors (Lipinski definition) is 2. The molecule has 2 aromatic rings. The van der Waals surface area contributed by atoms with E-state index in [1.165, 1.54) is 12.1 Å². The summed E-state index contributed by atoms with van der Waals surface area (Å²) in [6.07, 6.45) is 3.80. The molecule has 3 rings (SSSR count). The fraction of sp³-hybridized carbons (Fsp3) is 0.143. The maximum absolute atomic E-state index is 13.2. The van der Waals surface area contributed by atoms with Crippen LogP contribution in [0.5, 0.6) is 0 Å². The van der Waals surface area contributed by atoms with Crippen LogP contribution in [0.3, 0.4) is 0 Å². The lowest BCUT2D eigenvalue weighted by Crippen LogP contribution is -2.23. The third kappa shape index (κ3) is 1.86. The summed E-state index contributed by atoms with van der Waals surface area (Å²) in [5.74, 6) is -0.495. The van der Waals surface area contributed by atoms with E-state index >= 15 is 0 Å². The number of carbonyl (C=O) groups excluding carboxylic acids is 1. The number of amides is 1. The largest absolute Gasteiger partial charge is 0.326 e. The number of carbonyl (C=O) groups is 1. The number of anilines is 1. The highest BCUT2D eigenvalue weighted by atomic mass is 19.1. The number of hydrogen-bond donors (Lipinski definition) is 1. The number of nitrogens with one attached hydrogen (secondary N) is 1. The Bertz CT molecular complexity index is 598. The first-order valence-electron chi connectivity index (χ1n) is 5.73. The van der Waals surface area contributed by atoms with Crippen LogP contribution in [0.25, 0.3) is 0 Å².